The molecule has 8 nitrogen and oxygen atoms in total. The Kier molecular flexibility index (Phi) is 6.26. The minimum Gasteiger partial charge on any atom is -0.497 e. The number of imidazole rings is 1. The second kappa shape index (κ2) is 9.44. The molecule has 0 saturated carbocycles. The van der Waals surface area contributed by atoms with Gasteiger partial charge in [-0.05, 0) is 43.3 Å². The molecule has 4 rings (SSSR count). The molecule has 0 saturated heterocycles. The van der Waals surface area contributed by atoms with Crippen molar-refractivity contribution in [2.24, 2.45) is 0 Å². The van der Waals surface area contributed by atoms with Gasteiger partial charge in [0.05, 0.1) is 29.4 Å². The average Bonchev–Trinajstić information content (AvgIpc) is 3.10. The summed E-state index contributed by atoms with van der Waals surface area (Å²) >= 11 is 0. The van der Waals surface area contributed by atoms with Gasteiger partial charge in [-0.25, -0.2) is 4.79 Å². The molecule has 168 valence electrons. The minimum absolute atomic E-state index is 0.168. The van der Waals surface area contributed by atoms with Crippen LogP contribution in [-0.2, 0) is 17.9 Å². The molecule has 4 aromatic rings. The third-order valence-electron chi connectivity index (χ3n) is 5.32. The number of hydrogen-bond donors (Lipinski definition) is 2. The van der Waals surface area contributed by atoms with Gasteiger partial charge in [-0.3, -0.25) is 18.7 Å². The summed E-state index contributed by atoms with van der Waals surface area (Å²) in [6.45, 7) is 2.22. The van der Waals surface area contributed by atoms with Crippen molar-refractivity contribution in [2.45, 2.75) is 20.0 Å². The van der Waals surface area contributed by atoms with Crippen LogP contribution in [0.4, 0.5) is 11.4 Å². The van der Waals surface area contributed by atoms with Crippen LogP contribution in [0.25, 0.3) is 11.0 Å². The molecule has 2 N–H and O–H groups in total. The Morgan fingerprint density at radius 1 is 0.879 bits per heavy atom. The normalized spacial score (nSPS) is 10.7. The molecule has 0 spiro atoms. The van der Waals surface area contributed by atoms with Crippen LogP contribution in [0.15, 0.2) is 77.6 Å². The molecule has 0 fully saturated rings. The van der Waals surface area contributed by atoms with Crippen molar-refractivity contribution in [3.8, 4) is 5.75 Å². The van der Waals surface area contributed by atoms with E-state index in [-0.39, 0.29) is 18.1 Å². The van der Waals surface area contributed by atoms with Crippen LogP contribution in [0.3, 0.4) is 0 Å². The highest BCUT2D eigenvalue weighted by molar-refractivity contribution is 6.10. The van der Waals surface area contributed by atoms with E-state index in [1.165, 1.54) is 4.57 Å². The summed E-state index contributed by atoms with van der Waals surface area (Å²) in [6.07, 6.45) is 0. The third-order valence-corrected chi connectivity index (χ3v) is 5.32. The number of hydrogen-bond acceptors (Lipinski definition) is 4. The van der Waals surface area contributed by atoms with Gasteiger partial charge in [0.25, 0.3) is 5.91 Å². The maximum Gasteiger partial charge on any atom is 0.329 e. The van der Waals surface area contributed by atoms with Crippen molar-refractivity contribution in [1.82, 2.24) is 9.13 Å². The molecule has 0 aliphatic carbocycles. The Morgan fingerprint density at radius 3 is 2.30 bits per heavy atom. The molecular formula is C25H24N4O4. The predicted octanol–water partition coefficient (Wildman–Crippen LogP) is 3.72. The molecule has 2 amide bonds. The van der Waals surface area contributed by atoms with E-state index >= 15 is 0 Å². The van der Waals surface area contributed by atoms with Crippen molar-refractivity contribution >= 4 is 34.2 Å². The number of para-hydroxylation sites is 3. The fourth-order valence-electron chi connectivity index (χ4n) is 3.75. The summed E-state index contributed by atoms with van der Waals surface area (Å²) in [5.74, 6) is -0.164. The van der Waals surface area contributed by atoms with Gasteiger partial charge in [0.2, 0.25) is 5.91 Å². The second-order valence-corrected chi connectivity index (χ2v) is 7.38. The number of fused-ring (bicyclic) bond motifs is 1. The first kappa shape index (κ1) is 21.9. The zero-order chi connectivity index (χ0) is 23.4. The number of ether oxygens (including phenoxy) is 1. The summed E-state index contributed by atoms with van der Waals surface area (Å²) in [6, 6.07) is 21.1. The molecule has 0 bridgehead atoms. The molecule has 33 heavy (non-hydrogen) atoms. The van der Waals surface area contributed by atoms with Gasteiger partial charge in [0.1, 0.15) is 12.3 Å². The smallest absolute Gasteiger partial charge is 0.329 e. The van der Waals surface area contributed by atoms with Crippen LogP contribution in [-0.4, -0.2) is 28.1 Å². The highest BCUT2D eigenvalue weighted by Gasteiger charge is 2.17. The number of rotatable bonds is 7. The third kappa shape index (κ3) is 4.50. The quantitative estimate of drug-likeness (QED) is 0.454. The lowest BCUT2D eigenvalue weighted by atomic mass is 10.1. The Bertz CT molecular complexity index is 1390. The summed E-state index contributed by atoms with van der Waals surface area (Å²) in [4.78, 5) is 38.6. The van der Waals surface area contributed by atoms with E-state index in [2.05, 4.69) is 10.6 Å². The molecule has 8 heteroatoms. The summed E-state index contributed by atoms with van der Waals surface area (Å²) < 4.78 is 8.25. The number of aryl methyl sites for hydroxylation is 1. The van der Waals surface area contributed by atoms with Crippen molar-refractivity contribution < 1.29 is 14.3 Å². The van der Waals surface area contributed by atoms with E-state index in [0.717, 1.165) is 5.52 Å². The molecule has 0 aliphatic rings. The summed E-state index contributed by atoms with van der Waals surface area (Å²) in [7, 11) is 1.55. The van der Waals surface area contributed by atoms with Crippen LogP contribution >= 0.6 is 0 Å². The van der Waals surface area contributed by atoms with Crippen molar-refractivity contribution in [3.05, 3.63) is 88.8 Å². The van der Waals surface area contributed by atoms with Crippen LogP contribution in [0.1, 0.15) is 17.3 Å². The topological polar surface area (TPSA) is 94.4 Å². The lowest BCUT2D eigenvalue weighted by Crippen LogP contribution is -2.29. The first-order valence-corrected chi connectivity index (χ1v) is 10.5. The maximum absolute atomic E-state index is 12.9. The first-order valence-electron chi connectivity index (χ1n) is 10.5. The molecule has 0 aliphatic heterocycles. The van der Waals surface area contributed by atoms with Gasteiger partial charge in [-0.1, -0.05) is 30.3 Å². The molecule has 0 unspecified atom stereocenters. The lowest BCUT2D eigenvalue weighted by molar-refractivity contribution is -0.116. The van der Waals surface area contributed by atoms with Gasteiger partial charge in [0, 0.05) is 18.3 Å². The minimum atomic E-state index is -0.405. The fourth-order valence-corrected chi connectivity index (χ4v) is 3.75. The van der Waals surface area contributed by atoms with Crippen LogP contribution in [0.5, 0.6) is 5.75 Å². The first-order chi connectivity index (χ1) is 16.0. The van der Waals surface area contributed by atoms with Crippen LogP contribution in [0, 0.1) is 0 Å². The summed E-state index contributed by atoms with van der Waals surface area (Å²) in [5, 5.41) is 5.59. The van der Waals surface area contributed by atoms with Gasteiger partial charge >= 0.3 is 5.69 Å². The number of anilines is 2. The molecule has 1 aromatic heterocycles. The number of carbonyl (C=O) groups excluding carboxylic acids is 2. The fraction of sp³-hybridized carbons (Fsp3) is 0.160. The zero-order valence-electron chi connectivity index (χ0n) is 18.4. The molecule has 0 radical (unpaired) electrons. The van der Waals surface area contributed by atoms with E-state index in [0.29, 0.717) is 34.7 Å². The van der Waals surface area contributed by atoms with Crippen molar-refractivity contribution in [1.29, 1.82) is 0 Å². The molecule has 3 aromatic carbocycles. The predicted molar refractivity (Wildman–Crippen MR) is 128 cm³/mol. The van der Waals surface area contributed by atoms with Crippen molar-refractivity contribution in [2.75, 3.05) is 17.7 Å². The van der Waals surface area contributed by atoms with E-state index in [1.807, 2.05) is 31.2 Å². The monoisotopic (exact) mass is 444 g/mol. The highest BCUT2D eigenvalue weighted by atomic mass is 16.5. The maximum atomic E-state index is 12.9. The zero-order valence-corrected chi connectivity index (χ0v) is 18.4. The number of methoxy groups -OCH3 is 1. The van der Waals surface area contributed by atoms with Gasteiger partial charge in [-0.15, -0.1) is 0 Å². The Labute approximate surface area is 190 Å². The molecule has 1 heterocycles. The van der Waals surface area contributed by atoms with E-state index in [4.69, 9.17) is 4.74 Å². The van der Waals surface area contributed by atoms with E-state index in [9.17, 15) is 14.4 Å². The molecule has 0 atom stereocenters. The van der Waals surface area contributed by atoms with E-state index in [1.54, 1.807) is 60.2 Å². The number of nitrogens with one attached hydrogen (secondary N) is 2. The molecular weight excluding hydrogens is 420 g/mol. The number of nitrogens with zero attached hydrogens (tertiary/aromatic N) is 2. The van der Waals surface area contributed by atoms with Crippen LogP contribution in [0.2, 0.25) is 0 Å². The SMILES string of the molecule is CCn1c(=O)n(CC(=O)Nc2ccccc2C(=O)Nc2cccc(OC)c2)c2ccccc21. The number of amides is 2. The van der Waals surface area contributed by atoms with Gasteiger partial charge < -0.3 is 15.4 Å². The number of benzene rings is 3. The number of aromatic nitrogens is 2. The Hall–Kier alpha value is -4.33. The Morgan fingerprint density at radius 2 is 1.58 bits per heavy atom. The number of carbonyl (C=O) groups is 2. The van der Waals surface area contributed by atoms with Crippen LogP contribution < -0.4 is 21.1 Å². The summed E-state index contributed by atoms with van der Waals surface area (Å²) in [5.41, 5.74) is 2.43. The largest absolute Gasteiger partial charge is 0.497 e. The standard InChI is InChI=1S/C25H24N4O4/c1-3-28-21-13-6-7-14-22(21)29(25(28)32)16-23(30)27-20-12-5-4-11-19(20)24(31)26-17-9-8-10-18(15-17)33-2/h4-15H,3,16H2,1-2H3,(H,26,31)(H,27,30). The average molecular weight is 444 g/mol. The van der Waals surface area contributed by atoms with Gasteiger partial charge in [-0.2, -0.15) is 0 Å². The second-order valence-electron chi connectivity index (χ2n) is 7.38. The van der Waals surface area contributed by atoms with Crippen molar-refractivity contribution in [3.63, 3.8) is 0 Å². The Balaban J connectivity index is 1.55. The lowest BCUT2D eigenvalue weighted by Gasteiger charge is -2.12. The van der Waals surface area contributed by atoms with Gasteiger partial charge in [0.15, 0.2) is 0 Å². The highest BCUT2D eigenvalue weighted by Crippen LogP contribution is 2.21. The van der Waals surface area contributed by atoms with E-state index < -0.39 is 5.91 Å².